The van der Waals surface area contributed by atoms with Gasteiger partial charge < -0.3 is 5.32 Å². The van der Waals surface area contributed by atoms with Gasteiger partial charge in [0.15, 0.2) is 0 Å². The first-order valence-electron chi connectivity index (χ1n) is 8.22. The van der Waals surface area contributed by atoms with E-state index in [0.717, 1.165) is 31.1 Å². The molecule has 1 aliphatic heterocycles. The van der Waals surface area contributed by atoms with Crippen LogP contribution < -0.4 is 5.32 Å². The van der Waals surface area contributed by atoms with Gasteiger partial charge >= 0.3 is 0 Å². The molecule has 1 aliphatic carbocycles. The summed E-state index contributed by atoms with van der Waals surface area (Å²) in [5.74, 6) is 1.30. The Kier molecular flexibility index (Phi) is 4.06. The van der Waals surface area contributed by atoms with Crippen LogP contribution in [0.25, 0.3) is 0 Å². The third kappa shape index (κ3) is 3.00. The largest absolute Gasteiger partial charge is 0.311 e. The molecule has 1 aromatic carbocycles. The quantitative estimate of drug-likeness (QED) is 0.914. The molecule has 2 atom stereocenters. The van der Waals surface area contributed by atoms with Crippen molar-refractivity contribution in [2.75, 3.05) is 13.1 Å². The molecule has 2 fully saturated rings. The van der Waals surface area contributed by atoms with E-state index in [0.29, 0.717) is 12.0 Å². The smallest absolute Gasteiger partial charge is 0.127 e. The fourth-order valence-electron chi connectivity index (χ4n) is 3.59. The molecule has 116 valence electrons. The third-order valence-corrected chi connectivity index (χ3v) is 5.44. The maximum atomic E-state index is 14.0. The Morgan fingerprint density at radius 2 is 2.05 bits per heavy atom. The van der Waals surface area contributed by atoms with E-state index < -0.39 is 0 Å². The summed E-state index contributed by atoms with van der Waals surface area (Å²) >= 11 is 0. The molecular weight excluding hydrogens is 263 g/mol. The van der Waals surface area contributed by atoms with Crippen molar-refractivity contribution in [1.82, 2.24) is 10.2 Å². The average Bonchev–Trinajstić information content (AvgIpc) is 3.28. The lowest BCUT2D eigenvalue weighted by Crippen LogP contribution is -2.65. The molecule has 0 aromatic heterocycles. The normalized spacial score (nSPS) is 30.8. The molecule has 1 saturated carbocycles. The fraction of sp³-hybridized carbons (Fsp3) is 0.667. The van der Waals surface area contributed by atoms with E-state index >= 15 is 0 Å². The van der Waals surface area contributed by atoms with Crippen LogP contribution in [0.5, 0.6) is 0 Å². The van der Waals surface area contributed by atoms with Crippen LogP contribution in [0.4, 0.5) is 4.39 Å². The van der Waals surface area contributed by atoms with Gasteiger partial charge in [-0.3, -0.25) is 4.90 Å². The summed E-state index contributed by atoms with van der Waals surface area (Å²) < 4.78 is 14.0. The number of nitrogens with one attached hydrogen (secondary N) is 1. The van der Waals surface area contributed by atoms with Crippen LogP contribution >= 0.6 is 0 Å². The van der Waals surface area contributed by atoms with E-state index in [1.807, 2.05) is 12.1 Å². The van der Waals surface area contributed by atoms with Crippen LogP contribution in [0.3, 0.4) is 0 Å². The second-order valence-electron chi connectivity index (χ2n) is 7.33. The zero-order chi connectivity index (χ0) is 15.0. The SMILES string of the molecule is CC(C)C1CN(Cc2ccccc2F)C(C)(C2CC2)CN1. The van der Waals surface area contributed by atoms with E-state index in [4.69, 9.17) is 0 Å². The number of rotatable bonds is 4. The van der Waals surface area contributed by atoms with Crippen molar-refractivity contribution in [3.63, 3.8) is 0 Å². The van der Waals surface area contributed by atoms with E-state index in [1.54, 1.807) is 12.1 Å². The summed E-state index contributed by atoms with van der Waals surface area (Å²) in [4.78, 5) is 2.53. The molecule has 1 aromatic rings. The Morgan fingerprint density at radius 3 is 2.67 bits per heavy atom. The van der Waals surface area contributed by atoms with E-state index in [-0.39, 0.29) is 11.4 Å². The minimum atomic E-state index is -0.0738. The van der Waals surface area contributed by atoms with Gasteiger partial charge in [0.05, 0.1) is 0 Å². The highest BCUT2D eigenvalue weighted by atomic mass is 19.1. The molecule has 3 rings (SSSR count). The van der Waals surface area contributed by atoms with Gasteiger partial charge in [0.25, 0.3) is 0 Å². The van der Waals surface area contributed by atoms with Crippen molar-refractivity contribution in [3.05, 3.63) is 35.6 Å². The highest BCUT2D eigenvalue weighted by molar-refractivity contribution is 5.18. The minimum Gasteiger partial charge on any atom is -0.311 e. The van der Waals surface area contributed by atoms with E-state index in [9.17, 15) is 4.39 Å². The van der Waals surface area contributed by atoms with Gasteiger partial charge in [-0.1, -0.05) is 32.0 Å². The van der Waals surface area contributed by atoms with Crippen LogP contribution in [-0.4, -0.2) is 29.6 Å². The molecule has 2 unspecified atom stereocenters. The second kappa shape index (κ2) is 5.69. The molecule has 0 radical (unpaired) electrons. The summed E-state index contributed by atoms with van der Waals surface area (Å²) in [6, 6.07) is 7.72. The van der Waals surface area contributed by atoms with Gasteiger partial charge in [-0.2, -0.15) is 0 Å². The Bertz CT molecular complexity index is 498. The van der Waals surface area contributed by atoms with Crippen LogP contribution in [-0.2, 0) is 6.54 Å². The monoisotopic (exact) mass is 290 g/mol. The molecule has 2 nitrogen and oxygen atoms in total. The van der Waals surface area contributed by atoms with Crippen molar-refractivity contribution in [2.24, 2.45) is 11.8 Å². The third-order valence-electron chi connectivity index (χ3n) is 5.44. The molecule has 1 saturated heterocycles. The molecular formula is C18H27FN2. The number of benzene rings is 1. The fourth-order valence-corrected chi connectivity index (χ4v) is 3.59. The predicted octanol–water partition coefficient (Wildman–Crippen LogP) is 3.42. The summed E-state index contributed by atoms with van der Waals surface area (Å²) in [5.41, 5.74) is 1.00. The lowest BCUT2D eigenvalue weighted by Gasteiger charge is -2.49. The Labute approximate surface area is 127 Å². The first-order chi connectivity index (χ1) is 10.0. The van der Waals surface area contributed by atoms with Gasteiger partial charge in [0.1, 0.15) is 5.82 Å². The van der Waals surface area contributed by atoms with Crippen molar-refractivity contribution in [3.8, 4) is 0 Å². The summed E-state index contributed by atoms with van der Waals surface area (Å²) in [6.07, 6.45) is 2.64. The van der Waals surface area contributed by atoms with Gasteiger partial charge in [-0.15, -0.1) is 0 Å². The summed E-state index contributed by atoms with van der Waals surface area (Å²) in [7, 11) is 0. The zero-order valence-electron chi connectivity index (χ0n) is 13.4. The Hall–Kier alpha value is -0.930. The standard InChI is InChI=1S/C18H27FN2/c1-13(2)17-11-21(10-14-6-4-5-7-16(14)19)18(3,12-20-17)15-8-9-15/h4-7,13,15,17,20H,8-12H2,1-3H3. The molecule has 3 heteroatoms. The number of piperazine rings is 1. The maximum Gasteiger partial charge on any atom is 0.127 e. The first kappa shape index (κ1) is 15.0. The Morgan fingerprint density at radius 1 is 1.33 bits per heavy atom. The molecule has 21 heavy (non-hydrogen) atoms. The van der Waals surface area contributed by atoms with Crippen LogP contribution in [0.2, 0.25) is 0 Å². The van der Waals surface area contributed by atoms with Crippen molar-refractivity contribution in [2.45, 2.75) is 51.7 Å². The van der Waals surface area contributed by atoms with Gasteiger partial charge in [0.2, 0.25) is 0 Å². The number of nitrogens with zero attached hydrogens (tertiary/aromatic N) is 1. The van der Waals surface area contributed by atoms with Gasteiger partial charge in [-0.05, 0) is 37.7 Å². The lowest BCUT2D eigenvalue weighted by atomic mass is 9.87. The average molecular weight is 290 g/mol. The maximum absolute atomic E-state index is 14.0. The van der Waals surface area contributed by atoms with E-state index in [1.165, 1.54) is 12.8 Å². The highest BCUT2D eigenvalue weighted by Crippen LogP contribution is 2.44. The highest BCUT2D eigenvalue weighted by Gasteiger charge is 2.48. The molecule has 0 spiro atoms. The zero-order valence-corrected chi connectivity index (χ0v) is 13.4. The minimum absolute atomic E-state index is 0.0738. The number of halogens is 1. The van der Waals surface area contributed by atoms with Crippen molar-refractivity contribution in [1.29, 1.82) is 0 Å². The van der Waals surface area contributed by atoms with E-state index in [2.05, 4.69) is 31.0 Å². The van der Waals surface area contributed by atoms with Crippen molar-refractivity contribution >= 4 is 0 Å². The van der Waals surface area contributed by atoms with Gasteiger partial charge in [0, 0.05) is 36.8 Å². The number of hydrogen-bond acceptors (Lipinski definition) is 2. The van der Waals surface area contributed by atoms with Crippen LogP contribution in [0.15, 0.2) is 24.3 Å². The predicted molar refractivity (Wildman–Crippen MR) is 84.6 cm³/mol. The van der Waals surface area contributed by atoms with Crippen LogP contribution in [0.1, 0.15) is 39.2 Å². The molecule has 0 bridgehead atoms. The number of hydrogen-bond donors (Lipinski definition) is 1. The summed E-state index contributed by atoms with van der Waals surface area (Å²) in [5, 5.41) is 3.73. The lowest BCUT2D eigenvalue weighted by molar-refractivity contribution is 0.0179. The topological polar surface area (TPSA) is 15.3 Å². The molecule has 2 aliphatic rings. The second-order valence-corrected chi connectivity index (χ2v) is 7.33. The molecule has 0 amide bonds. The van der Waals surface area contributed by atoms with Gasteiger partial charge in [-0.25, -0.2) is 4.39 Å². The van der Waals surface area contributed by atoms with Crippen LogP contribution in [0, 0.1) is 17.7 Å². The molecule has 1 N–H and O–H groups in total. The van der Waals surface area contributed by atoms with Crippen molar-refractivity contribution < 1.29 is 4.39 Å². The molecule has 1 heterocycles. The summed E-state index contributed by atoms with van der Waals surface area (Å²) in [6.45, 7) is 9.64. The first-order valence-corrected chi connectivity index (χ1v) is 8.22. The Balaban J connectivity index is 1.81.